The van der Waals surface area contributed by atoms with Crippen LogP contribution in [0, 0.1) is 11.3 Å². The van der Waals surface area contributed by atoms with E-state index in [1.165, 1.54) is 0 Å². The number of likely N-dealkylation sites (tertiary alicyclic amines) is 1. The van der Waals surface area contributed by atoms with Crippen LogP contribution < -0.4 is 5.32 Å². The van der Waals surface area contributed by atoms with Crippen LogP contribution in [-0.2, 0) is 4.79 Å². The molecule has 0 aliphatic carbocycles. The largest absolute Gasteiger partial charge is 0.348 e. The van der Waals surface area contributed by atoms with Crippen LogP contribution >= 0.6 is 0 Å². The molecule has 1 aliphatic heterocycles. The number of hydrogen-bond acceptors (Lipinski definition) is 3. The fraction of sp³-hybridized carbons (Fsp3) is 0.778. The van der Waals surface area contributed by atoms with E-state index in [4.69, 9.17) is 5.26 Å². The predicted molar refractivity (Wildman–Crippen MR) is 49.2 cm³/mol. The topological polar surface area (TPSA) is 56.1 Å². The van der Waals surface area contributed by atoms with E-state index >= 15 is 0 Å². The lowest BCUT2D eigenvalue weighted by molar-refractivity contribution is -0.132. The summed E-state index contributed by atoms with van der Waals surface area (Å²) in [5.74, 6) is -1.20. The second-order valence-electron chi connectivity index (χ2n) is 3.52. The highest BCUT2D eigenvalue weighted by atomic mass is 19.3. The first-order valence-electron chi connectivity index (χ1n) is 4.81. The number of halogens is 2. The van der Waals surface area contributed by atoms with Gasteiger partial charge in [0.2, 0.25) is 0 Å². The van der Waals surface area contributed by atoms with Crippen molar-refractivity contribution in [3.63, 3.8) is 0 Å². The third kappa shape index (κ3) is 3.80. The van der Waals surface area contributed by atoms with E-state index < -0.39 is 12.3 Å². The van der Waals surface area contributed by atoms with Gasteiger partial charge in [-0.2, -0.15) is 14.0 Å². The van der Waals surface area contributed by atoms with Crippen LogP contribution in [0.2, 0.25) is 0 Å². The summed E-state index contributed by atoms with van der Waals surface area (Å²) in [7, 11) is 0. The maximum absolute atomic E-state index is 11.9. The van der Waals surface area contributed by atoms with Crippen LogP contribution in [-0.4, -0.2) is 42.9 Å². The molecule has 6 heteroatoms. The zero-order chi connectivity index (χ0) is 11.3. The van der Waals surface area contributed by atoms with Crippen molar-refractivity contribution in [2.75, 3.05) is 19.6 Å². The van der Waals surface area contributed by atoms with E-state index in [1.807, 2.05) is 11.0 Å². The van der Waals surface area contributed by atoms with Crippen LogP contribution in [0.1, 0.15) is 12.8 Å². The fourth-order valence-electron chi connectivity index (χ4n) is 1.60. The standard InChI is InChI=1S/C9H13F2N3O/c10-8(11)9(15)13-7-1-4-14(5-2-7)6-3-12/h7-8H,1-2,4-6H2,(H,13,15). The number of nitrogens with zero attached hydrogens (tertiary/aromatic N) is 2. The van der Waals surface area contributed by atoms with Gasteiger partial charge in [0.15, 0.2) is 0 Å². The molecule has 0 saturated carbocycles. The Morgan fingerprint density at radius 3 is 2.60 bits per heavy atom. The lowest BCUT2D eigenvalue weighted by Gasteiger charge is -2.30. The normalized spacial score (nSPS) is 18.8. The minimum absolute atomic E-state index is 0.179. The summed E-state index contributed by atoms with van der Waals surface area (Å²) in [6.07, 6.45) is -1.69. The number of rotatable bonds is 3. The van der Waals surface area contributed by atoms with Crippen LogP contribution in [0.25, 0.3) is 0 Å². The highest BCUT2D eigenvalue weighted by molar-refractivity contribution is 5.79. The maximum Gasteiger partial charge on any atom is 0.315 e. The summed E-state index contributed by atoms with van der Waals surface area (Å²) in [5, 5.41) is 10.7. The van der Waals surface area contributed by atoms with Gasteiger partial charge in [-0.3, -0.25) is 9.69 Å². The Hall–Kier alpha value is -1.22. The van der Waals surface area contributed by atoms with Gasteiger partial charge in [-0.15, -0.1) is 0 Å². The lowest BCUT2D eigenvalue weighted by atomic mass is 10.1. The molecule has 84 valence electrons. The van der Waals surface area contributed by atoms with Crippen molar-refractivity contribution in [3.8, 4) is 6.07 Å². The molecule has 1 saturated heterocycles. The SMILES string of the molecule is N#CCN1CCC(NC(=O)C(F)F)CC1. The summed E-state index contributed by atoms with van der Waals surface area (Å²) < 4.78 is 23.8. The van der Waals surface area contributed by atoms with Crippen molar-refractivity contribution in [2.24, 2.45) is 0 Å². The highest BCUT2D eigenvalue weighted by Crippen LogP contribution is 2.10. The monoisotopic (exact) mass is 217 g/mol. The van der Waals surface area contributed by atoms with Crippen molar-refractivity contribution < 1.29 is 13.6 Å². The number of piperidine rings is 1. The third-order valence-corrected chi connectivity index (χ3v) is 2.43. The number of alkyl halides is 2. The van der Waals surface area contributed by atoms with Crippen molar-refractivity contribution in [1.29, 1.82) is 5.26 Å². The summed E-state index contributed by atoms with van der Waals surface area (Å²) in [4.78, 5) is 12.6. The van der Waals surface area contributed by atoms with Crippen LogP contribution in [0.5, 0.6) is 0 Å². The molecule has 0 bridgehead atoms. The molecule has 1 N–H and O–H groups in total. The zero-order valence-electron chi connectivity index (χ0n) is 8.25. The number of hydrogen-bond donors (Lipinski definition) is 1. The van der Waals surface area contributed by atoms with Gasteiger partial charge in [0, 0.05) is 19.1 Å². The van der Waals surface area contributed by atoms with Gasteiger partial charge in [-0.25, -0.2) is 0 Å². The Bertz CT molecular complexity index is 257. The molecule has 1 aliphatic rings. The first-order chi connectivity index (χ1) is 7.13. The Morgan fingerprint density at radius 2 is 2.13 bits per heavy atom. The van der Waals surface area contributed by atoms with E-state index in [0.717, 1.165) is 0 Å². The summed E-state index contributed by atoms with van der Waals surface area (Å²) >= 11 is 0. The van der Waals surface area contributed by atoms with E-state index in [2.05, 4.69) is 5.32 Å². The molecule has 15 heavy (non-hydrogen) atoms. The molecule has 0 radical (unpaired) electrons. The van der Waals surface area contributed by atoms with Crippen molar-refractivity contribution >= 4 is 5.91 Å². The number of amides is 1. The van der Waals surface area contributed by atoms with Gasteiger partial charge in [-0.05, 0) is 12.8 Å². The van der Waals surface area contributed by atoms with Crippen molar-refractivity contribution in [1.82, 2.24) is 10.2 Å². The van der Waals surface area contributed by atoms with Crippen molar-refractivity contribution in [3.05, 3.63) is 0 Å². The van der Waals surface area contributed by atoms with Gasteiger partial charge < -0.3 is 5.32 Å². The molecule has 1 fully saturated rings. The van der Waals surface area contributed by atoms with Gasteiger partial charge in [0.05, 0.1) is 12.6 Å². The Morgan fingerprint density at radius 1 is 1.53 bits per heavy atom. The van der Waals surface area contributed by atoms with Crippen LogP contribution in [0.4, 0.5) is 8.78 Å². The number of nitrogens with one attached hydrogen (secondary N) is 1. The molecule has 0 unspecified atom stereocenters. The van der Waals surface area contributed by atoms with E-state index in [-0.39, 0.29) is 6.04 Å². The summed E-state index contributed by atoms with van der Waals surface area (Å²) in [6, 6.07) is 1.85. The van der Waals surface area contributed by atoms with Crippen LogP contribution in [0.3, 0.4) is 0 Å². The molecular formula is C9H13F2N3O. The first-order valence-corrected chi connectivity index (χ1v) is 4.81. The van der Waals surface area contributed by atoms with E-state index in [0.29, 0.717) is 32.5 Å². The number of nitriles is 1. The number of carbonyl (C=O) groups is 1. The molecule has 0 atom stereocenters. The summed E-state index contributed by atoms with van der Waals surface area (Å²) in [5.41, 5.74) is 0. The fourth-order valence-corrected chi connectivity index (χ4v) is 1.60. The Balaban J connectivity index is 2.26. The quantitative estimate of drug-likeness (QED) is 0.694. The molecule has 1 rings (SSSR count). The Labute approximate surface area is 86.8 Å². The zero-order valence-corrected chi connectivity index (χ0v) is 8.25. The van der Waals surface area contributed by atoms with Gasteiger partial charge >= 0.3 is 6.43 Å². The molecule has 1 amide bonds. The maximum atomic E-state index is 11.9. The minimum Gasteiger partial charge on any atom is -0.348 e. The predicted octanol–water partition coefficient (Wildman–Crippen LogP) is 0.356. The summed E-state index contributed by atoms with van der Waals surface area (Å²) in [6.45, 7) is 1.69. The molecule has 1 heterocycles. The van der Waals surface area contributed by atoms with E-state index in [9.17, 15) is 13.6 Å². The Kier molecular flexibility index (Phi) is 4.43. The van der Waals surface area contributed by atoms with Gasteiger partial charge in [0.25, 0.3) is 5.91 Å². The second-order valence-corrected chi connectivity index (χ2v) is 3.52. The minimum atomic E-state index is -2.94. The van der Waals surface area contributed by atoms with Gasteiger partial charge in [0.1, 0.15) is 0 Å². The average Bonchev–Trinajstić information content (AvgIpc) is 2.21. The molecule has 0 aromatic rings. The molecular weight excluding hydrogens is 204 g/mol. The average molecular weight is 217 g/mol. The highest BCUT2D eigenvalue weighted by Gasteiger charge is 2.23. The van der Waals surface area contributed by atoms with Crippen molar-refractivity contribution in [2.45, 2.75) is 25.3 Å². The van der Waals surface area contributed by atoms with Crippen LogP contribution in [0.15, 0.2) is 0 Å². The number of carbonyl (C=O) groups excluding carboxylic acids is 1. The smallest absolute Gasteiger partial charge is 0.315 e. The van der Waals surface area contributed by atoms with E-state index in [1.54, 1.807) is 0 Å². The molecule has 0 aromatic carbocycles. The molecule has 0 spiro atoms. The second kappa shape index (κ2) is 5.61. The molecule has 0 aromatic heterocycles. The molecule has 4 nitrogen and oxygen atoms in total. The third-order valence-electron chi connectivity index (χ3n) is 2.43. The first kappa shape index (κ1) is 11.9. The lowest BCUT2D eigenvalue weighted by Crippen LogP contribution is -2.46. The van der Waals surface area contributed by atoms with Gasteiger partial charge in [-0.1, -0.05) is 0 Å².